The highest BCUT2D eigenvalue weighted by Gasteiger charge is 2.16. The van der Waals surface area contributed by atoms with Crippen LogP contribution in [0.4, 0.5) is 0 Å². The van der Waals surface area contributed by atoms with Crippen LogP contribution in [0.5, 0.6) is 5.75 Å². The first kappa shape index (κ1) is 20.0. The molecule has 0 aliphatic carbocycles. The summed E-state index contributed by atoms with van der Waals surface area (Å²) in [4.78, 5) is 17.0. The maximum absolute atomic E-state index is 12.4. The van der Waals surface area contributed by atoms with Crippen molar-refractivity contribution in [1.82, 2.24) is 4.98 Å². The summed E-state index contributed by atoms with van der Waals surface area (Å²) >= 11 is 1.45. The van der Waals surface area contributed by atoms with Gasteiger partial charge >= 0.3 is 5.97 Å². The zero-order valence-electron chi connectivity index (χ0n) is 15.6. The van der Waals surface area contributed by atoms with Crippen LogP contribution in [0.2, 0.25) is 0 Å². The van der Waals surface area contributed by atoms with Gasteiger partial charge < -0.3 is 9.47 Å². The van der Waals surface area contributed by atoms with E-state index < -0.39 is 15.8 Å². The number of aryl methyl sites for hydroxylation is 1. The fourth-order valence-electron chi connectivity index (χ4n) is 2.51. The minimum absolute atomic E-state index is 0.00797. The molecule has 1 aromatic heterocycles. The van der Waals surface area contributed by atoms with E-state index in [0.29, 0.717) is 11.3 Å². The van der Waals surface area contributed by atoms with E-state index in [1.807, 2.05) is 29.6 Å². The predicted octanol–water partition coefficient (Wildman–Crippen LogP) is 3.89. The van der Waals surface area contributed by atoms with Crippen LogP contribution in [0.3, 0.4) is 0 Å². The van der Waals surface area contributed by atoms with E-state index in [9.17, 15) is 13.2 Å². The van der Waals surface area contributed by atoms with Crippen molar-refractivity contribution in [1.29, 1.82) is 0 Å². The Morgan fingerprint density at radius 1 is 1.14 bits per heavy atom. The summed E-state index contributed by atoms with van der Waals surface area (Å²) in [6.07, 6.45) is 1.10. The molecule has 0 unspecified atom stereocenters. The summed E-state index contributed by atoms with van der Waals surface area (Å²) in [7, 11) is -1.79. The Morgan fingerprint density at radius 3 is 2.50 bits per heavy atom. The lowest BCUT2D eigenvalue weighted by atomic mass is 10.1. The van der Waals surface area contributed by atoms with E-state index in [2.05, 4.69) is 4.98 Å². The molecule has 1 heterocycles. The number of carbonyl (C=O) groups excluding carboxylic acids is 1. The van der Waals surface area contributed by atoms with Gasteiger partial charge in [-0.25, -0.2) is 18.2 Å². The van der Waals surface area contributed by atoms with Gasteiger partial charge in [-0.1, -0.05) is 6.07 Å². The lowest BCUT2D eigenvalue weighted by Gasteiger charge is -2.08. The fraction of sp³-hybridized carbons (Fsp3) is 0.200. The van der Waals surface area contributed by atoms with Crippen molar-refractivity contribution < 1.29 is 22.7 Å². The normalized spacial score (nSPS) is 11.2. The van der Waals surface area contributed by atoms with Gasteiger partial charge in [-0.3, -0.25) is 0 Å². The van der Waals surface area contributed by atoms with Gasteiger partial charge in [-0.15, -0.1) is 11.3 Å². The van der Waals surface area contributed by atoms with Gasteiger partial charge in [0.1, 0.15) is 17.4 Å². The molecule has 0 amide bonds. The lowest BCUT2D eigenvalue weighted by Crippen LogP contribution is -2.09. The van der Waals surface area contributed by atoms with Gasteiger partial charge in [0.05, 0.1) is 23.3 Å². The van der Waals surface area contributed by atoms with Crippen LogP contribution >= 0.6 is 11.3 Å². The first-order valence-corrected chi connectivity index (χ1v) is 11.1. The average Bonchev–Trinajstić information content (AvgIpc) is 3.14. The first-order valence-electron chi connectivity index (χ1n) is 8.34. The molecular formula is C20H19NO5S2. The molecule has 146 valence electrons. The number of ether oxygens (including phenoxy) is 2. The summed E-state index contributed by atoms with van der Waals surface area (Å²) in [6.45, 7) is 1.74. The van der Waals surface area contributed by atoms with Gasteiger partial charge in [-0.2, -0.15) is 0 Å². The van der Waals surface area contributed by atoms with E-state index in [1.54, 1.807) is 20.1 Å². The smallest absolute Gasteiger partial charge is 0.338 e. The number of rotatable bonds is 6. The number of esters is 1. The van der Waals surface area contributed by atoms with Gasteiger partial charge in [-0.05, 0) is 48.9 Å². The van der Waals surface area contributed by atoms with Crippen molar-refractivity contribution >= 4 is 27.1 Å². The topological polar surface area (TPSA) is 82.6 Å². The van der Waals surface area contributed by atoms with E-state index in [4.69, 9.17) is 9.47 Å². The van der Waals surface area contributed by atoms with Crippen LogP contribution in [0.15, 0.2) is 52.7 Å². The largest absolute Gasteiger partial charge is 0.497 e. The van der Waals surface area contributed by atoms with Crippen molar-refractivity contribution in [3.63, 3.8) is 0 Å². The SMILES string of the molecule is COc1ccc(-c2nc(COC(=O)c3cc(S(C)(=O)=O)ccc3C)cs2)cc1. The van der Waals surface area contributed by atoms with Crippen molar-refractivity contribution in [3.8, 4) is 16.3 Å². The number of methoxy groups -OCH3 is 1. The molecule has 28 heavy (non-hydrogen) atoms. The minimum atomic E-state index is -3.40. The van der Waals surface area contributed by atoms with Gasteiger partial charge in [0.25, 0.3) is 0 Å². The molecule has 0 bridgehead atoms. The molecule has 0 radical (unpaired) electrons. The van der Waals surface area contributed by atoms with Crippen LogP contribution in [0.25, 0.3) is 10.6 Å². The average molecular weight is 418 g/mol. The zero-order valence-corrected chi connectivity index (χ0v) is 17.3. The van der Waals surface area contributed by atoms with Gasteiger partial charge in [0, 0.05) is 17.2 Å². The summed E-state index contributed by atoms with van der Waals surface area (Å²) in [5.74, 6) is 0.183. The molecular weight excluding hydrogens is 398 g/mol. The quantitative estimate of drug-likeness (QED) is 0.566. The van der Waals surface area contributed by atoms with Crippen molar-refractivity contribution in [2.45, 2.75) is 18.4 Å². The van der Waals surface area contributed by atoms with Crippen LogP contribution in [-0.2, 0) is 21.2 Å². The summed E-state index contributed by atoms with van der Waals surface area (Å²) in [5.41, 5.74) is 2.45. The highest BCUT2D eigenvalue weighted by atomic mass is 32.2. The number of hydrogen-bond donors (Lipinski definition) is 0. The lowest BCUT2D eigenvalue weighted by molar-refractivity contribution is 0.0467. The first-order chi connectivity index (χ1) is 13.3. The molecule has 0 fully saturated rings. The Kier molecular flexibility index (Phi) is 5.81. The molecule has 0 spiro atoms. The zero-order chi connectivity index (χ0) is 20.3. The second-order valence-corrected chi connectivity index (χ2v) is 9.07. The van der Waals surface area contributed by atoms with Crippen LogP contribution in [0.1, 0.15) is 21.6 Å². The molecule has 0 aliphatic heterocycles. The molecule has 0 saturated heterocycles. The van der Waals surface area contributed by atoms with Crippen molar-refractivity contribution in [2.24, 2.45) is 0 Å². The number of sulfone groups is 1. The summed E-state index contributed by atoms with van der Waals surface area (Å²) in [5, 5.41) is 2.64. The molecule has 3 aromatic rings. The monoisotopic (exact) mass is 417 g/mol. The molecule has 0 atom stereocenters. The summed E-state index contributed by atoms with van der Waals surface area (Å²) in [6, 6.07) is 11.9. The van der Waals surface area contributed by atoms with Gasteiger partial charge in [0.15, 0.2) is 9.84 Å². The predicted molar refractivity (Wildman–Crippen MR) is 108 cm³/mol. The van der Waals surface area contributed by atoms with E-state index in [-0.39, 0.29) is 17.1 Å². The Morgan fingerprint density at radius 2 is 1.86 bits per heavy atom. The number of nitrogens with zero attached hydrogens (tertiary/aromatic N) is 1. The standard InChI is InChI=1S/C20H19NO5S2/c1-13-4-9-17(28(3,23)24)10-18(13)20(22)26-11-15-12-27-19(21-15)14-5-7-16(25-2)8-6-14/h4-10,12H,11H2,1-3H3. The van der Waals surface area contributed by atoms with Crippen molar-refractivity contribution in [3.05, 3.63) is 64.7 Å². The Hall–Kier alpha value is -2.71. The van der Waals surface area contributed by atoms with Crippen molar-refractivity contribution in [2.75, 3.05) is 13.4 Å². The Labute approximate surface area is 167 Å². The second-order valence-electron chi connectivity index (χ2n) is 6.20. The number of aromatic nitrogens is 1. The van der Waals surface area contributed by atoms with Crippen LogP contribution in [0, 0.1) is 6.92 Å². The molecule has 6 nitrogen and oxygen atoms in total. The van der Waals surface area contributed by atoms with E-state index >= 15 is 0 Å². The number of hydrogen-bond acceptors (Lipinski definition) is 7. The second kappa shape index (κ2) is 8.12. The molecule has 0 N–H and O–H groups in total. The number of carbonyl (C=O) groups is 1. The fourth-order valence-corrected chi connectivity index (χ4v) is 3.97. The number of thiazole rings is 1. The summed E-state index contributed by atoms with van der Waals surface area (Å²) < 4.78 is 33.9. The number of benzene rings is 2. The van der Waals surface area contributed by atoms with Gasteiger partial charge in [0.2, 0.25) is 0 Å². The van der Waals surface area contributed by atoms with E-state index in [1.165, 1.54) is 23.5 Å². The maximum atomic E-state index is 12.4. The third kappa shape index (κ3) is 4.58. The molecule has 3 rings (SSSR count). The third-order valence-electron chi connectivity index (χ3n) is 4.10. The molecule has 8 heteroatoms. The Bertz CT molecular complexity index is 1100. The highest BCUT2D eigenvalue weighted by Crippen LogP contribution is 2.26. The minimum Gasteiger partial charge on any atom is -0.497 e. The molecule has 0 aliphatic rings. The highest BCUT2D eigenvalue weighted by molar-refractivity contribution is 7.90. The van der Waals surface area contributed by atoms with Crippen LogP contribution < -0.4 is 4.74 Å². The molecule has 0 saturated carbocycles. The van der Waals surface area contributed by atoms with Crippen LogP contribution in [-0.4, -0.2) is 32.7 Å². The third-order valence-corrected chi connectivity index (χ3v) is 6.15. The maximum Gasteiger partial charge on any atom is 0.338 e. The van der Waals surface area contributed by atoms with E-state index in [0.717, 1.165) is 22.6 Å². The Balaban J connectivity index is 1.71. The molecule has 2 aromatic carbocycles.